The van der Waals surface area contributed by atoms with Crippen molar-refractivity contribution >= 4 is 11.6 Å². The summed E-state index contributed by atoms with van der Waals surface area (Å²) in [5, 5.41) is 2.38. The molecule has 6 heteroatoms. The van der Waals surface area contributed by atoms with E-state index >= 15 is 0 Å². The monoisotopic (exact) mass is 266 g/mol. The minimum atomic E-state index is -1.34. The van der Waals surface area contributed by atoms with Gasteiger partial charge < -0.3 is 5.32 Å². The second-order valence-electron chi connectivity index (χ2n) is 3.88. The summed E-state index contributed by atoms with van der Waals surface area (Å²) in [6.45, 7) is 1.59. The second kappa shape index (κ2) is 5.09. The lowest BCUT2D eigenvalue weighted by atomic mass is 10.1. The molecule has 1 amide bonds. The van der Waals surface area contributed by atoms with E-state index in [1.807, 2.05) is 0 Å². The van der Waals surface area contributed by atoms with E-state index < -0.39 is 29.1 Å². The van der Waals surface area contributed by atoms with Crippen LogP contribution in [0.5, 0.6) is 0 Å². The number of aromatic nitrogens is 1. The molecule has 1 heterocycles. The van der Waals surface area contributed by atoms with E-state index in [1.165, 1.54) is 12.1 Å². The average molecular weight is 266 g/mol. The molecule has 2 rings (SSSR count). The van der Waals surface area contributed by atoms with Crippen molar-refractivity contribution in [2.45, 2.75) is 6.92 Å². The fourth-order valence-electron chi connectivity index (χ4n) is 1.55. The molecule has 3 nitrogen and oxygen atoms in total. The van der Waals surface area contributed by atoms with Gasteiger partial charge in [0.15, 0.2) is 5.82 Å². The summed E-state index contributed by atoms with van der Waals surface area (Å²) in [7, 11) is 0. The number of nitrogens with zero attached hydrogens (tertiary/aromatic N) is 1. The van der Waals surface area contributed by atoms with Crippen LogP contribution < -0.4 is 5.32 Å². The van der Waals surface area contributed by atoms with Crippen LogP contribution in [-0.4, -0.2) is 10.9 Å². The fourth-order valence-corrected chi connectivity index (χ4v) is 1.55. The highest BCUT2D eigenvalue weighted by molar-refractivity contribution is 6.04. The van der Waals surface area contributed by atoms with Gasteiger partial charge in [-0.25, -0.2) is 13.8 Å². The SMILES string of the molecule is Cc1cc(F)ccc1NC(=O)c1ccnc(F)c1F. The van der Waals surface area contributed by atoms with Gasteiger partial charge in [-0.05, 0) is 36.8 Å². The molecule has 1 aromatic carbocycles. The van der Waals surface area contributed by atoms with Crippen LogP contribution in [0.2, 0.25) is 0 Å². The summed E-state index contributed by atoms with van der Waals surface area (Å²) in [4.78, 5) is 14.9. The lowest BCUT2D eigenvalue weighted by Gasteiger charge is -2.08. The van der Waals surface area contributed by atoms with Gasteiger partial charge >= 0.3 is 0 Å². The summed E-state index contributed by atoms with van der Waals surface area (Å²) in [6, 6.07) is 4.79. The third-order valence-corrected chi connectivity index (χ3v) is 2.53. The molecule has 0 aliphatic carbocycles. The molecule has 98 valence electrons. The number of carbonyl (C=O) groups is 1. The number of anilines is 1. The van der Waals surface area contributed by atoms with E-state index in [0.29, 0.717) is 11.3 Å². The number of amides is 1. The van der Waals surface area contributed by atoms with E-state index in [9.17, 15) is 18.0 Å². The predicted octanol–water partition coefficient (Wildman–Crippen LogP) is 3.06. The van der Waals surface area contributed by atoms with Crippen molar-refractivity contribution in [2.75, 3.05) is 5.32 Å². The van der Waals surface area contributed by atoms with Crippen LogP contribution in [0.15, 0.2) is 30.5 Å². The summed E-state index contributed by atoms with van der Waals surface area (Å²) in [6.07, 6.45) is 0.991. The average Bonchev–Trinajstić information content (AvgIpc) is 2.36. The quantitative estimate of drug-likeness (QED) is 0.849. The number of nitrogens with one attached hydrogen (secondary N) is 1. The molecule has 0 fully saturated rings. The lowest BCUT2D eigenvalue weighted by molar-refractivity contribution is 0.102. The molecule has 2 aromatic rings. The summed E-state index contributed by atoms with van der Waals surface area (Å²) in [5.41, 5.74) is 0.336. The Kier molecular flexibility index (Phi) is 3.50. The van der Waals surface area contributed by atoms with Gasteiger partial charge in [-0.3, -0.25) is 4.79 Å². The number of rotatable bonds is 2. The number of halogens is 3. The van der Waals surface area contributed by atoms with E-state index in [2.05, 4.69) is 10.3 Å². The van der Waals surface area contributed by atoms with Crippen LogP contribution in [0.3, 0.4) is 0 Å². The Balaban J connectivity index is 2.28. The van der Waals surface area contributed by atoms with Gasteiger partial charge in [0.2, 0.25) is 5.95 Å². The third kappa shape index (κ3) is 2.73. The van der Waals surface area contributed by atoms with Crippen LogP contribution in [-0.2, 0) is 0 Å². The highest BCUT2D eigenvalue weighted by Crippen LogP contribution is 2.18. The van der Waals surface area contributed by atoms with Crippen LogP contribution in [0.4, 0.5) is 18.9 Å². The molecule has 0 atom stereocenters. The van der Waals surface area contributed by atoms with Crippen LogP contribution >= 0.6 is 0 Å². The maximum absolute atomic E-state index is 13.4. The first-order valence-corrected chi connectivity index (χ1v) is 5.36. The standard InChI is InChI=1S/C13H9F3N2O/c1-7-6-8(14)2-3-10(7)18-13(19)9-4-5-17-12(16)11(9)15/h2-6H,1H3,(H,18,19). The Morgan fingerprint density at radius 3 is 2.63 bits per heavy atom. The highest BCUT2D eigenvalue weighted by atomic mass is 19.2. The van der Waals surface area contributed by atoms with Crippen molar-refractivity contribution in [1.82, 2.24) is 4.98 Å². The van der Waals surface area contributed by atoms with Crippen LogP contribution in [0, 0.1) is 24.5 Å². The zero-order valence-electron chi connectivity index (χ0n) is 9.88. The number of aryl methyl sites for hydroxylation is 1. The van der Waals surface area contributed by atoms with Gasteiger partial charge in [0.1, 0.15) is 5.82 Å². The summed E-state index contributed by atoms with van der Waals surface area (Å²) < 4.78 is 39.2. The lowest BCUT2D eigenvalue weighted by Crippen LogP contribution is -2.15. The molecule has 0 aliphatic rings. The van der Waals surface area contributed by atoms with Crippen molar-refractivity contribution in [2.24, 2.45) is 0 Å². The summed E-state index contributed by atoms with van der Waals surface area (Å²) in [5.74, 6) is -3.94. The fraction of sp³-hybridized carbons (Fsp3) is 0.0769. The minimum absolute atomic E-state index is 0.322. The van der Waals surface area contributed by atoms with Crippen molar-refractivity contribution < 1.29 is 18.0 Å². The number of hydrogen-bond acceptors (Lipinski definition) is 2. The topological polar surface area (TPSA) is 42.0 Å². The van der Waals surface area contributed by atoms with E-state index in [0.717, 1.165) is 18.3 Å². The molecule has 0 radical (unpaired) electrons. The molecule has 1 aromatic heterocycles. The van der Waals surface area contributed by atoms with Gasteiger partial charge in [-0.15, -0.1) is 0 Å². The highest BCUT2D eigenvalue weighted by Gasteiger charge is 2.16. The number of carbonyl (C=O) groups excluding carboxylic acids is 1. The summed E-state index contributed by atoms with van der Waals surface area (Å²) >= 11 is 0. The van der Waals surface area contributed by atoms with Crippen molar-refractivity contribution in [3.05, 3.63) is 59.2 Å². The molecule has 1 N–H and O–H groups in total. The first kappa shape index (κ1) is 13.1. The minimum Gasteiger partial charge on any atom is -0.322 e. The van der Waals surface area contributed by atoms with Gasteiger partial charge in [0, 0.05) is 11.9 Å². The normalized spacial score (nSPS) is 10.3. The van der Waals surface area contributed by atoms with E-state index in [1.54, 1.807) is 6.92 Å². The van der Waals surface area contributed by atoms with Crippen molar-refractivity contribution in [3.63, 3.8) is 0 Å². The van der Waals surface area contributed by atoms with Gasteiger partial charge in [0.25, 0.3) is 5.91 Å². The third-order valence-electron chi connectivity index (χ3n) is 2.53. The Morgan fingerprint density at radius 2 is 1.95 bits per heavy atom. The molecule has 0 saturated carbocycles. The molecule has 0 aliphatic heterocycles. The Hall–Kier alpha value is -2.37. The Morgan fingerprint density at radius 1 is 1.21 bits per heavy atom. The Labute approximate surface area is 107 Å². The van der Waals surface area contributed by atoms with E-state index in [-0.39, 0.29) is 0 Å². The van der Waals surface area contributed by atoms with Gasteiger partial charge in [-0.2, -0.15) is 4.39 Å². The molecule has 19 heavy (non-hydrogen) atoms. The number of pyridine rings is 1. The zero-order valence-corrected chi connectivity index (χ0v) is 9.88. The maximum atomic E-state index is 13.4. The molecule has 0 unspecified atom stereocenters. The van der Waals surface area contributed by atoms with Crippen LogP contribution in [0.25, 0.3) is 0 Å². The first-order valence-electron chi connectivity index (χ1n) is 5.36. The number of hydrogen-bond donors (Lipinski definition) is 1. The molecular weight excluding hydrogens is 257 g/mol. The maximum Gasteiger partial charge on any atom is 0.258 e. The van der Waals surface area contributed by atoms with E-state index in [4.69, 9.17) is 0 Å². The second-order valence-corrected chi connectivity index (χ2v) is 3.88. The molecular formula is C13H9F3N2O. The van der Waals surface area contributed by atoms with Gasteiger partial charge in [0.05, 0.1) is 5.56 Å². The number of benzene rings is 1. The van der Waals surface area contributed by atoms with Gasteiger partial charge in [-0.1, -0.05) is 0 Å². The largest absolute Gasteiger partial charge is 0.322 e. The van der Waals surface area contributed by atoms with Crippen molar-refractivity contribution in [1.29, 1.82) is 0 Å². The predicted molar refractivity (Wildman–Crippen MR) is 63.2 cm³/mol. The van der Waals surface area contributed by atoms with Crippen LogP contribution in [0.1, 0.15) is 15.9 Å². The molecule has 0 spiro atoms. The first-order chi connectivity index (χ1) is 8.99. The Bertz CT molecular complexity index is 644. The zero-order chi connectivity index (χ0) is 14.0. The molecule has 0 bridgehead atoms. The molecule has 0 saturated heterocycles. The smallest absolute Gasteiger partial charge is 0.258 e. The van der Waals surface area contributed by atoms with Crippen molar-refractivity contribution in [3.8, 4) is 0 Å².